The fraction of sp³-hybridized carbons (Fsp3) is 0.692. The predicted molar refractivity (Wildman–Crippen MR) is 71.4 cm³/mol. The van der Waals surface area contributed by atoms with Gasteiger partial charge in [0.1, 0.15) is 0 Å². The summed E-state index contributed by atoms with van der Waals surface area (Å²) in [7, 11) is 0. The zero-order valence-corrected chi connectivity index (χ0v) is 11.6. The van der Waals surface area contributed by atoms with Crippen LogP contribution in [-0.4, -0.2) is 34.5 Å². The number of hydrogen-bond acceptors (Lipinski definition) is 5. The third-order valence-corrected chi connectivity index (χ3v) is 3.00. The lowest BCUT2D eigenvalue weighted by molar-refractivity contribution is -0.133. The van der Waals surface area contributed by atoms with E-state index in [-0.39, 0.29) is 11.2 Å². The lowest BCUT2D eigenvalue weighted by Crippen LogP contribution is -2.57. The SMILES string of the molecule is CC1(C)CN(c2nnccc2CN)CC(C)(C)O1. The number of morpholine rings is 1. The Balaban J connectivity index is 2.32. The van der Waals surface area contributed by atoms with Gasteiger partial charge in [0.15, 0.2) is 5.82 Å². The topological polar surface area (TPSA) is 64.3 Å². The molecule has 5 heteroatoms. The zero-order valence-electron chi connectivity index (χ0n) is 11.6. The summed E-state index contributed by atoms with van der Waals surface area (Å²) in [5.74, 6) is 0.879. The van der Waals surface area contributed by atoms with E-state index in [1.807, 2.05) is 6.07 Å². The van der Waals surface area contributed by atoms with E-state index in [4.69, 9.17) is 10.5 Å². The summed E-state index contributed by atoms with van der Waals surface area (Å²) in [6.07, 6.45) is 1.68. The second-order valence-electron chi connectivity index (χ2n) is 6.06. The molecule has 2 N–H and O–H groups in total. The van der Waals surface area contributed by atoms with Gasteiger partial charge < -0.3 is 15.4 Å². The molecule has 0 aromatic carbocycles. The van der Waals surface area contributed by atoms with Crippen molar-refractivity contribution in [2.75, 3.05) is 18.0 Å². The highest BCUT2D eigenvalue weighted by Gasteiger charge is 2.39. The third kappa shape index (κ3) is 2.79. The highest BCUT2D eigenvalue weighted by atomic mass is 16.5. The fourth-order valence-electron chi connectivity index (χ4n) is 2.71. The number of rotatable bonds is 2. The lowest BCUT2D eigenvalue weighted by Gasteiger charge is -2.47. The first-order valence-corrected chi connectivity index (χ1v) is 6.29. The molecular weight excluding hydrogens is 228 g/mol. The second kappa shape index (κ2) is 4.48. The highest BCUT2D eigenvalue weighted by molar-refractivity contribution is 5.46. The standard InChI is InChI=1S/C13H22N4O/c1-12(2)8-17(9-13(3,4)18-12)11-10(7-14)5-6-15-16-11/h5-6H,7-9,14H2,1-4H3. The average molecular weight is 250 g/mol. The molecule has 0 unspecified atom stereocenters. The van der Waals surface area contributed by atoms with Crippen LogP contribution >= 0.6 is 0 Å². The van der Waals surface area contributed by atoms with Crippen LogP contribution in [0.15, 0.2) is 12.3 Å². The molecule has 0 atom stereocenters. The molecule has 0 bridgehead atoms. The van der Waals surface area contributed by atoms with Crippen molar-refractivity contribution in [3.8, 4) is 0 Å². The Bertz CT molecular complexity index is 415. The van der Waals surface area contributed by atoms with Gasteiger partial charge in [0, 0.05) is 25.2 Å². The van der Waals surface area contributed by atoms with Crippen molar-refractivity contribution in [3.05, 3.63) is 17.8 Å². The van der Waals surface area contributed by atoms with E-state index in [2.05, 4.69) is 42.8 Å². The van der Waals surface area contributed by atoms with Crippen LogP contribution in [0.1, 0.15) is 33.3 Å². The number of anilines is 1. The Morgan fingerprint density at radius 1 is 1.28 bits per heavy atom. The maximum absolute atomic E-state index is 6.07. The maximum atomic E-state index is 6.07. The van der Waals surface area contributed by atoms with Crippen LogP contribution in [0.5, 0.6) is 0 Å². The van der Waals surface area contributed by atoms with Gasteiger partial charge in [-0.05, 0) is 33.8 Å². The monoisotopic (exact) mass is 250 g/mol. The van der Waals surface area contributed by atoms with Crippen LogP contribution in [0.25, 0.3) is 0 Å². The van der Waals surface area contributed by atoms with Gasteiger partial charge in [0.05, 0.1) is 17.4 Å². The molecule has 0 aliphatic carbocycles. The molecule has 0 radical (unpaired) electrons. The van der Waals surface area contributed by atoms with Gasteiger partial charge in [-0.1, -0.05) is 0 Å². The number of hydrogen-bond donors (Lipinski definition) is 1. The molecule has 1 aromatic heterocycles. The third-order valence-electron chi connectivity index (χ3n) is 3.00. The molecule has 0 spiro atoms. The van der Waals surface area contributed by atoms with Crippen LogP contribution in [0.2, 0.25) is 0 Å². The average Bonchev–Trinajstić information content (AvgIpc) is 2.24. The maximum Gasteiger partial charge on any atom is 0.155 e. The van der Waals surface area contributed by atoms with Gasteiger partial charge in [-0.25, -0.2) is 0 Å². The van der Waals surface area contributed by atoms with Crippen molar-refractivity contribution in [1.29, 1.82) is 0 Å². The number of ether oxygens (including phenoxy) is 1. The number of aromatic nitrogens is 2. The molecule has 0 saturated carbocycles. The van der Waals surface area contributed by atoms with Gasteiger partial charge in [-0.3, -0.25) is 0 Å². The van der Waals surface area contributed by atoms with E-state index >= 15 is 0 Å². The molecule has 1 aromatic rings. The molecule has 1 fully saturated rings. The minimum absolute atomic E-state index is 0.203. The fourth-order valence-corrected chi connectivity index (χ4v) is 2.71. The Morgan fingerprint density at radius 3 is 2.44 bits per heavy atom. The summed E-state index contributed by atoms with van der Waals surface area (Å²) in [6, 6.07) is 1.93. The minimum atomic E-state index is -0.203. The lowest BCUT2D eigenvalue weighted by atomic mass is 9.98. The minimum Gasteiger partial charge on any atom is -0.366 e. The predicted octanol–water partition coefficient (Wildman–Crippen LogP) is 1.33. The molecule has 18 heavy (non-hydrogen) atoms. The first-order chi connectivity index (χ1) is 8.33. The van der Waals surface area contributed by atoms with Crippen LogP contribution in [0.4, 0.5) is 5.82 Å². The van der Waals surface area contributed by atoms with Crippen molar-refractivity contribution in [1.82, 2.24) is 10.2 Å². The molecule has 0 amide bonds. The summed E-state index contributed by atoms with van der Waals surface area (Å²) < 4.78 is 6.07. The molecule has 1 saturated heterocycles. The van der Waals surface area contributed by atoms with Crippen LogP contribution in [0, 0.1) is 0 Å². The van der Waals surface area contributed by atoms with Crippen molar-refractivity contribution in [2.45, 2.75) is 45.4 Å². The first-order valence-electron chi connectivity index (χ1n) is 6.29. The normalized spacial score (nSPS) is 21.9. The summed E-state index contributed by atoms with van der Waals surface area (Å²) >= 11 is 0. The molecular formula is C13H22N4O. The van der Waals surface area contributed by atoms with E-state index in [0.29, 0.717) is 6.54 Å². The van der Waals surface area contributed by atoms with Crippen molar-refractivity contribution >= 4 is 5.82 Å². The van der Waals surface area contributed by atoms with Crippen molar-refractivity contribution in [3.63, 3.8) is 0 Å². The Morgan fingerprint density at radius 2 is 1.89 bits per heavy atom. The van der Waals surface area contributed by atoms with E-state index in [1.165, 1.54) is 0 Å². The summed E-state index contributed by atoms with van der Waals surface area (Å²) in [6.45, 7) is 10.4. The van der Waals surface area contributed by atoms with Gasteiger partial charge >= 0.3 is 0 Å². The number of nitrogens with zero attached hydrogens (tertiary/aromatic N) is 3. The van der Waals surface area contributed by atoms with Gasteiger partial charge in [0.25, 0.3) is 0 Å². The zero-order chi connectivity index (χ0) is 13.4. The van der Waals surface area contributed by atoms with Crippen LogP contribution in [0.3, 0.4) is 0 Å². The molecule has 1 aliphatic rings. The Labute approximate surface area is 108 Å². The molecule has 5 nitrogen and oxygen atoms in total. The molecule has 2 heterocycles. The van der Waals surface area contributed by atoms with E-state index in [1.54, 1.807) is 6.20 Å². The largest absolute Gasteiger partial charge is 0.366 e. The molecule has 1 aliphatic heterocycles. The Hall–Kier alpha value is -1.20. The van der Waals surface area contributed by atoms with E-state index in [0.717, 1.165) is 24.5 Å². The van der Waals surface area contributed by atoms with Gasteiger partial charge in [-0.15, -0.1) is 5.10 Å². The van der Waals surface area contributed by atoms with E-state index in [9.17, 15) is 0 Å². The molecule has 100 valence electrons. The van der Waals surface area contributed by atoms with Crippen molar-refractivity contribution in [2.24, 2.45) is 5.73 Å². The molecule has 2 rings (SSSR count). The van der Waals surface area contributed by atoms with Crippen LogP contribution < -0.4 is 10.6 Å². The van der Waals surface area contributed by atoms with Gasteiger partial charge in [0.2, 0.25) is 0 Å². The highest BCUT2D eigenvalue weighted by Crippen LogP contribution is 2.31. The summed E-state index contributed by atoms with van der Waals surface area (Å²) in [5, 5.41) is 8.22. The Kier molecular flexibility index (Phi) is 3.29. The first kappa shape index (κ1) is 13.2. The van der Waals surface area contributed by atoms with Crippen LogP contribution in [-0.2, 0) is 11.3 Å². The number of nitrogens with two attached hydrogens (primary N) is 1. The summed E-state index contributed by atoms with van der Waals surface area (Å²) in [5.41, 5.74) is 6.39. The summed E-state index contributed by atoms with van der Waals surface area (Å²) in [4.78, 5) is 2.22. The van der Waals surface area contributed by atoms with Gasteiger partial charge in [-0.2, -0.15) is 5.10 Å². The quantitative estimate of drug-likeness (QED) is 0.858. The van der Waals surface area contributed by atoms with E-state index < -0.39 is 0 Å². The smallest absolute Gasteiger partial charge is 0.155 e. The second-order valence-corrected chi connectivity index (χ2v) is 6.06. The van der Waals surface area contributed by atoms with Crippen molar-refractivity contribution < 1.29 is 4.74 Å².